The van der Waals surface area contributed by atoms with Crippen molar-refractivity contribution in [1.29, 1.82) is 0 Å². The lowest BCUT2D eigenvalue weighted by molar-refractivity contribution is -0.161. The van der Waals surface area contributed by atoms with E-state index in [2.05, 4.69) is 5.32 Å². The number of nitrogens with two attached hydrogens (primary N) is 1. The fraction of sp³-hybridized carbons (Fsp3) is 0.868. The minimum atomic E-state index is -1.99. The van der Waals surface area contributed by atoms with Gasteiger partial charge in [0, 0.05) is 18.3 Å². The van der Waals surface area contributed by atoms with Gasteiger partial charge in [0.1, 0.15) is 6.61 Å². The van der Waals surface area contributed by atoms with Gasteiger partial charge in [-0.05, 0) is 94.1 Å². The van der Waals surface area contributed by atoms with Crippen molar-refractivity contribution in [2.75, 3.05) is 19.8 Å². The smallest absolute Gasteiger partial charge is 0.350 e. The summed E-state index contributed by atoms with van der Waals surface area (Å²) in [4.78, 5) is 42.5. The molecule has 4 unspecified atom stereocenters. The molecule has 0 radical (unpaired) electrons. The summed E-state index contributed by atoms with van der Waals surface area (Å²) in [5.41, 5.74) is 4.52. The second kappa shape index (κ2) is 14.7. The summed E-state index contributed by atoms with van der Waals surface area (Å²) in [5.74, 6) is -1.32. The van der Waals surface area contributed by atoms with Crippen molar-refractivity contribution < 1.29 is 34.1 Å². The summed E-state index contributed by atoms with van der Waals surface area (Å²) in [6, 6.07) is 0. The van der Waals surface area contributed by atoms with Crippen molar-refractivity contribution in [2.45, 2.75) is 159 Å². The number of carbonyl (C=O) groups excluding carboxylic acids is 3. The first-order valence-electron chi connectivity index (χ1n) is 19.1. The molecule has 0 aromatic carbocycles. The first-order valence-corrected chi connectivity index (χ1v) is 19.1. The highest BCUT2D eigenvalue weighted by molar-refractivity contribution is 6.23. The number of ketones is 2. The molecule has 6 fully saturated rings. The van der Waals surface area contributed by atoms with Gasteiger partial charge >= 0.3 is 5.97 Å². The number of hydrogen-bond acceptors (Lipinski definition) is 9. The second-order valence-corrected chi connectivity index (χ2v) is 16.3. The molecule has 0 bridgehead atoms. The summed E-state index contributed by atoms with van der Waals surface area (Å²) in [6.45, 7) is 2.46. The minimum Gasteiger partial charge on any atom is -0.460 e. The highest BCUT2D eigenvalue weighted by atomic mass is 16.7. The standard InChI is InChI=1S/C38H60N2O7/c1-25(21-36(17-8-3-9-18-36)28-16-19-40-32(39)20-28)27(23-41)22-37-33(43)30-12-6-7-13-31(30)34(44)38(37,47-37)35(45)46-24-29(42)15-14-26-10-4-2-5-11-26/h26,28-32,40-42H,2-24,39H2,1H3/t28?,29-,30?,31?,32?,37+,38+/m1/s1. The van der Waals surface area contributed by atoms with Crippen LogP contribution in [-0.4, -0.2) is 71.0 Å². The van der Waals surface area contributed by atoms with E-state index in [4.69, 9.17) is 15.2 Å². The number of aliphatic hydroxyl groups is 2. The fourth-order valence-corrected chi connectivity index (χ4v) is 10.6. The average Bonchev–Trinajstić information content (AvgIpc) is 3.80. The van der Waals surface area contributed by atoms with Crippen molar-refractivity contribution in [3.05, 3.63) is 11.1 Å². The van der Waals surface area contributed by atoms with Crippen LogP contribution in [0.25, 0.3) is 0 Å². The van der Waals surface area contributed by atoms with Crippen molar-refractivity contribution in [3.63, 3.8) is 0 Å². The maximum Gasteiger partial charge on any atom is 0.350 e. The van der Waals surface area contributed by atoms with Crippen molar-refractivity contribution in [3.8, 4) is 0 Å². The zero-order valence-corrected chi connectivity index (χ0v) is 28.7. The summed E-state index contributed by atoms with van der Waals surface area (Å²) in [6.07, 6.45) is 18.2. The Kier molecular flexibility index (Phi) is 11.0. The van der Waals surface area contributed by atoms with Crippen molar-refractivity contribution >= 4 is 17.5 Å². The number of hydrogen-bond donors (Lipinski definition) is 4. The molecule has 2 aliphatic heterocycles. The summed E-state index contributed by atoms with van der Waals surface area (Å²) in [5, 5.41) is 24.9. The van der Waals surface area contributed by atoms with Gasteiger partial charge in [0.15, 0.2) is 17.2 Å². The van der Waals surface area contributed by atoms with E-state index in [1.165, 1.54) is 51.4 Å². The molecule has 4 aliphatic carbocycles. The summed E-state index contributed by atoms with van der Waals surface area (Å²) < 4.78 is 11.9. The SMILES string of the molecule is CC(CC1(C2CCNC(N)C2)CCCCC1)=C(CO)C[C@@]12O[C@]1(C(=O)OC[C@H](O)CCC1CCCCC1)C(=O)C1CCCCC1C2=O. The first-order chi connectivity index (χ1) is 22.7. The van der Waals surface area contributed by atoms with E-state index < -0.39 is 35.1 Å². The van der Waals surface area contributed by atoms with Crippen molar-refractivity contribution in [1.82, 2.24) is 5.32 Å². The van der Waals surface area contributed by atoms with E-state index in [1.54, 1.807) is 0 Å². The van der Waals surface area contributed by atoms with Crippen LogP contribution in [0.5, 0.6) is 0 Å². The number of carbonyl (C=O) groups is 3. The van der Waals surface area contributed by atoms with Crippen LogP contribution in [0.3, 0.4) is 0 Å². The highest BCUT2D eigenvalue weighted by Gasteiger charge is 2.87. The summed E-state index contributed by atoms with van der Waals surface area (Å²) >= 11 is 0. The van der Waals surface area contributed by atoms with Gasteiger partial charge in [0.25, 0.3) is 5.60 Å². The molecular weight excluding hydrogens is 596 g/mol. The van der Waals surface area contributed by atoms with Gasteiger partial charge in [-0.2, -0.15) is 0 Å². The summed E-state index contributed by atoms with van der Waals surface area (Å²) in [7, 11) is 0. The number of fused-ring (bicyclic) bond motifs is 2. The van der Waals surface area contributed by atoms with Gasteiger partial charge in [-0.1, -0.05) is 69.8 Å². The molecule has 0 spiro atoms. The van der Waals surface area contributed by atoms with Gasteiger partial charge in [-0.25, -0.2) is 4.79 Å². The zero-order chi connectivity index (χ0) is 33.2. The van der Waals surface area contributed by atoms with E-state index in [1.807, 2.05) is 6.92 Å². The Morgan fingerprint density at radius 2 is 1.62 bits per heavy atom. The van der Waals surface area contributed by atoms with Crippen molar-refractivity contribution in [2.24, 2.45) is 34.8 Å². The molecule has 0 aromatic heterocycles. The lowest BCUT2D eigenvalue weighted by atomic mass is 9.59. The molecule has 5 N–H and O–H groups in total. The average molecular weight is 657 g/mol. The third-order valence-corrected chi connectivity index (χ3v) is 13.4. The van der Waals surface area contributed by atoms with Gasteiger partial charge in [0.2, 0.25) is 0 Å². The monoisotopic (exact) mass is 656 g/mol. The maximum absolute atomic E-state index is 14.3. The molecule has 6 aliphatic rings. The largest absolute Gasteiger partial charge is 0.460 e. The van der Waals surface area contributed by atoms with Gasteiger partial charge in [0.05, 0.1) is 18.9 Å². The van der Waals surface area contributed by atoms with Crippen LogP contribution in [0.15, 0.2) is 11.1 Å². The third-order valence-electron chi connectivity index (χ3n) is 13.4. The molecule has 9 nitrogen and oxygen atoms in total. The van der Waals surface area contributed by atoms with Crippen LogP contribution in [0.2, 0.25) is 0 Å². The molecule has 4 saturated carbocycles. The van der Waals surface area contributed by atoms with Crippen LogP contribution < -0.4 is 11.1 Å². The number of epoxide rings is 1. The number of ether oxygens (including phenoxy) is 2. The van der Waals surface area contributed by atoms with Gasteiger partial charge in [-0.15, -0.1) is 0 Å². The Morgan fingerprint density at radius 3 is 2.30 bits per heavy atom. The van der Waals surface area contributed by atoms with E-state index in [0.717, 1.165) is 63.5 Å². The number of Topliss-reactive ketones (excluding diaryl/α,β-unsaturated/α-hetero) is 2. The molecule has 6 rings (SSSR count). The molecular formula is C38H60N2O7. The molecule has 264 valence electrons. The molecule has 9 heteroatoms. The van der Waals surface area contributed by atoms with E-state index >= 15 is 0 Å². The Morgan fingerprint density at radius 1 is 0.957 bits per heavy atom. The molecule has 7 atom stereocenters. The van der Waals surface area contributed by atoms with E-state index in [0.29, 0.717) is 36.7 Å². The molecule has 0 amide bonds. The predicted octanol–water partition coefficient (Wildman–Crippen LogP) is 5.04. The Hall–Kier alpha value is -1.65. The van der Waals surface area contributed by atoms with Crippen LogP contribution in [0.1, 0.15) is 135 Å². The molecule has 2 saturated heterocycles. The predicted molar refractivity (Wildman–Crippen MR) is 178 cm³/mol. The Balaban J connectivity index is 1.22. The van der Waals surface area contributed by atoms with Crippen LogP contribution in [0.4, 0.5) is 0 Å². The van der Waals surface area contributed by atoms with E-state index in [-0.39, 0.29) is 42.8 Å². The van der Waals surface area contributed by atoms with Gasteiger partial charge in [-0.3, -0.25) is 9.59 Å². The Labute approximate surface area is 281 Å². The molecule has 2 heterocycles. The highest BCUT2D eigenvalue weighted by Crippen LogP contribution is 2.62. The zero-order valence-electron chi connectivity index (χ0n) is 28.7. The minimum absolute atomic E-state index is 0.0142. The van der Waals surface area contributed by atoms with E-state index in [9.17, 15) is 24.6 Å². The number of esters is 1. The van der Waals surface area contributed by atoms with Crippen LogP contribution in [-0.2, 0) is 23.9 Å². The normalized spacial score (nSPS) is 36.9. The Bertz CT molecular complexity index is 1190. The topological polar surface area (TPSA) is 151 Å². The number of allylic oxidation sites excluding steroid dienone is 1. The lowest BCUT2D eigenvalue weighted by Crippen LogP contribution is -2.58. The van der Waals surface area contributed by atoms with Crippen LogP contribution >= 0.6 is 0 Å². The lowest BCUT2D eigenvalue weighted by Gasteiger charge is -2.47. The number of nitrogens with one attached hydrogen (secondary N) is 1. The maximum atomic E-state index is 14.3. The number of rotatable bonds is 12. The number of piperidine rings is 1. The van der Waals surface area contributed by atoms with Crippen LogP contribution in [0, 0.1) is 29.1 Å². The quantitative estimate of drug-likeness (QED) is 0.0980. The van der Waals surface area contributed by atoms with Gasteiger partial charge < -0.3 is 30.7 Å². The fourth-order valence-electron chi connectivity index (χ4n) is 10.6. The first kappa shape index (κ1) is 35.2. The second-order valence-electron chi connectivity index (χ2n) is 16.3. The number of aliphatic hydroxyl groups excluding tert-OH is 2. The molecule has 0 aromatic rings. The molecule has 47 heavy (non-hydrogen) atoms. The third kappa shape index (κ3) is 6.78.